The standard InChI is InChI=1S/C9H15N3/c1-3-6-12-9(4-5-11-12)8(2)7-10/h3-5,8H,1,6-7,10H2,2H3. The fourth-order valence-electron chi connectivity index (χ4n) is 1.16. The highest BCUT2D eigenvalue weighted by molar-refractivity contribution is 5.07. The average Bonchev–Trinajstić information content (AvgIpc) is 2.52. The van der Waals surface area contributed by atoms with Crippen LogP contribution < -0.4 is 5.73 Å². The Morgan fingerprint density at radius 3 is 3.17 bits per heavy atom. The Hall–Kier alpha value is -1.09. The molecule has 1 aromatic rings. The first-order valence-corrected chi connectivity index (χ1v) is 4.12. The minimum Gasteiger partial charge on any atom is -0.330 e. The van der Waals surface area contributed by atoms with Crippen LogP contribution in [0, 0.1) is 0 Å². The van der Waals surface area contributed by atoms with Crippen molar-refractivity contribution in [3.05, 3.63) is 30.6 Å². The topological polar surface area (TPSA) is 43.8 Å². The normalized spacial score (nSPS) is 12.8. The van der Waals surface area contributed by atoms with Gasteiger partial charge in [0.25, 0.3) is 0 Å². The van der Waals surface area contributed by atoms with Gasteiger partial charge in [-0.25, -0.2) is 0 Å². The van der Waals surface area contributed by atoms with E-state index in [-0.39, 0.29) is 0 Å². The Labute approximate surface area is 72.9 Å². The highest BCUT2D eigenvalue weighted by Crippen LogP contribution is 2.12. The predicted octanol–water partition coefficient (Wildman–Crippen LogP) is 1.13. The third-order valence-electron chi connectivity index (χ3n) is 1.91. The molecule has 1 heterocycles. The quantitative estimate of drug-likeness (QED) is 0.680. The van der Waals surface area contributed by atoms with E-state index in [1.807, 2.05) is 16.8 Å². The Morgan fingerprint density at radius 1 is 1.83 bits per heavy atom. The molecule has 1 aromatic heterocycles. The van der Waals surface area contributed by atoms with Crippen LogP contribution in [-0.2, 0) is 6.54 Å². The van der Waals surface area contributed by atoms with Gasteiger partial charge in [0.2, 0.25) is 0 Å². The summed E-state index contributed by atoms with van der Waals surface area (Å²) < 4.78 is 1.92. The highest BCUT2D eigenvalue weighted by Gasteiger charge is 2.07. The summed E-state index contributed by atoms with van der Waals surface area (Å²) in [6.45, 7) is 7.18. The van der Waals surface area contributed by atoms with Crippen molar-refractivity contribution in [2.45, 2.75) is 19.4 Å². The van der Waals surface area contributed by atoms with E-state index in [9.17, 15) is 0 Å². The van der Waals surface area contributed by atoms with Crippen LogP contribution in [0.4, 0.5) is 0 Å². The van der Waals surface area contributed by atoms with Crippen molar-refractivity contribution in [1.29, 1.82) is 0 Å². The largest absolute Gasteiger partial charge is 0.330 e. The van der Waals surface area contributed by atoms with Crippen molar-refractivity contribution in [3.63, 3.8) is 0 Å². The second-order valence-electron chi connectivity index (χ2n) is 2.86. The fraction of sp³-hybridized carbons (Fsp3) is 0.444. The number of hydrogen-bond donors (Lipinski definition) is 1. The zero-order valence-corrected chi connectivity index (χ0v) is 7.40. The molecule has 3 heteroatoms. The van der Waals surface area contributed by atoms with Crippen LogP contribution >= 0.6 is 0 Å². The van der Waals surface area contributed by atoms with Crippen molar-refractivity contribution in [2.75, 3.05) is 6.54 Å². The number of hydrogen-bond acceptors (Lipinski definition) is 2. The van der Waals surface area contributed by atoms with Gasteiger partial charge in [-0.05, 0) is 6.07 Å². The van der Waals surface area contributed by atoms with E-state index in [0.29, 0.717) is 12.5 Å². The third-order valence-corrected chi connectivity index (χ3v) is 1.91. The second-order valence-corrected chi connectivity index (χ2v) is 2.86. The lowest BCUT2D eigenvalue weighted by molar-refractivity contribution is 0.610. The molecule has 12 heavy (non-hydrogen) atoms. The summed E-state index contributed by atoms with van der Waals surface area (Å²) in [5, 5.41) is 4.16. The van der Waals surface area contributed by atoms with E-state index in [4.69, 9.17) is 5.73 Å². The van der Waals surface area contributed by atoms with Crippen LogP contribution in [-0.4, -0.2) is 16.3 Å². The lowest BCUT2D eigenvalue weighted by Gasteiger charge is -2.10. The van der Waals surface area contributed by atoms with Crippen LogP contribution in [0.25, 0.3) is 0 Å². The van der Waals surface area contributed by atoms with E-state index < -0.39 is 0 Å². The average molecular weight is 165 g/mol. The van der Waals surface area contributed by atoms with Crippen LogP contribution in [0.15, 0.2) is 24.9 Å². The minimum absolute atomic E-state index is 0.368. The molecule has 0 radical (unpaired) electrons. The first kappa shape index (κ1) is 9.00. The van der Waals surface area contributed by atoms with E-state index >= 15 is 0 Å². The molecular weight excluding hydrogens is 150 g/mol. The zero-order valence-electron chi connectivity index (χ0n) is 7.40. The zero-order chi connectivity index (χ0) is 8.97. The summed E-state index contributed by atoms with van der Waals surface area (Å²) in [4.78, 5) is 0. The lowest BCUT2D eigenvalue weighted by Crippen LogP contribution is -2.14. The highest BCUT2D eigenvalue weighted by atomic mass is 15.3. The SMILES string of the molecule is C=CCn1nccc1C(C)CN. The molecular formula is C9H15N3. The molecule has 0 saturated heterocycles. The van der Waals surface area contributed by atoms with Gasteiger partial charge in [0.05, 0.1) is 6.54 Å². The van der Waals surface area contributed by atoms with Crippen LogP contribution in [0.3, 0.4) is 0 Å². The van der Waals surface area contributed by atoms with Gasteiger partial charge in [-0.2, -0.15) is 5.10 Å². The Balaban J connectivity index is 2.82. The van der Waals surface area contributed by atoms with Gasteiger partial charge in [0, 0.05) is 24.4 Å². The van der Waals surface area contributed by atoms with Gasteiger partial charge in [0.1, 0.15) is 0 Å². The fourth-order valence-corrected chi connectivity index (χ4v) is 1.16. The van der Waals surface area contributed by atoms with Crippen LogP contribution in [0.5, 0.6) is 0 Å². The maximum Gasteiger partial charge on any atom is 0.0590 e. The third kappa shape index (κ3) is 1.74. The monoisotopic (exact) mass is 165 g/mol. The van der Waals surface area contributed by atoms with E-state index in [1.165, 1.54) is 5.69 Å². The van der Waals surface area contributed by atoms with Crippen molar-refractivity contribution in [3.8, 4) is 0 Å². The molecule has 0 amide bonds. The molecule has 0 aliphatic rings. The maximum absolute atomic E-state index is 5.56. The van der Waals surface area contributed by atoms with Gasteiger partial charge < -0.3 is 5.73 Å². The molecule has 0 saturated carbocycles. The number of allylic oxidation sites excluding steroid dienone is 1. The molecule has 1 atom stereocenters. The molecule has 0 bridgehead atoms. The summed E-state index contributed by atoms with van der Waals surface area (Å²) in [6.07, 6.45) is 3.63. The Bertz CT molecular complexity index is 252. The van der Waals surface area contributed by atoms with Crippen molar-refractivity contribution in [1.82, 2.24) is 9.78 Å². The maximum atomic E-state index is 5.56. The molecule has 66 valence electrons. The van der Waals surface area contributed by atoms with Gasteiger partial charge in [-0.1, -0.05) is 13.0 Å². The molecule has 1 unspecified atom stereocenters. The summed E-state index contributed by atoms with van der Waals surface area (Å²) in [6, 6.07) is 2.00. The van der Waals surface area contributed by atoms with Gasteiger partial charge in [-0.3, -0.25) is 4.68 Å². The van der Waals surface area contributed by atoms with Crippen LogP contribution in [0.1, 0.15) is 18.5 Å². The summed E-state index contributed by atoms with van der Waals surface area (Å²) in [7, 11) is 0. The first-order valence-electron chi connectivity index (χ1n) is 4.12. The van der Waals surface area contributed by atoms with Crippen molar-refractivity contribution >= 4 is 0 Å². The van der Waals surface area contributed by atoms with E-state index in [0.717, 1.165) is 6.54 Å². The van der Waals surface area contributed by atoms with Crippen molar-refractivity contribution in [2.24, 2.45) is 5.73 Å². The number of aromatic nitrogens is 2. The number of nitrogens with two attached hydrogens (primary N) is 1. The number of nitrogens with zero attached hydrogens (tertiary/aromatic N) is 2. The second kappa shape index (κ2) is 4.07. The van der Waals surface area contributed by atoms with Gasteiger partial charge in [-0.15, -0.1) is 6.58 Å². The molecule has 0 aliphatic carbocycles. The lowest BCUT2D eigenvalue weighted by atomic mass is 10.1. The summed E-state index contributed by atoms with van der Waals surface area (Å²) >= 11 is 0. The Kier molecular flexibility index (Phi) is 3.05. The smallest absolute Gasteiger partial charge is 0.0590 e. The van der Waals surface area contributed by atoms with Crippen molar-refractivity contribution < 1.29 is 0 Å². The minimum atomic E-state index is 0.368. The molecule has 0 aromatic carbocycles. The van der Waals surface area contributed by atoms with Gasteiger partial charge >= 0.3 is 0 Å². The number of rotatable bonds is 4. The van der Waals surface area contributed by atoms with Gasteiger partial charge in [0.15, 0.2) is 0 Å². The molecule has 0 spiro atoms. The summed E-state index contributed by atoms with van der Waals surface area (Å²) in [5.41, 5.74) is 6.74. The first-order chi connectivity index (χ1) is 5.79. The van der Waals surface area contributed by atoms with Crippen LogP contribution in [0.2, 0.25) is 0 Å². The Morgan fingerprint density at radius 2 is 2.58 bits per heavy atom. The molecule has 1 rings (SSSR count). The van der Waals surface area contributed by atoms with E-state index in [2.05, 4.69) is 18.6 Å². The molecule has 2 N–H and O–H groups in total. The summed E-state index contributed by atoms with van der Waals surface area (Å²) in [5.74, 6) is 0.368. The molecule has 0 aliphatic heterocycles. The predicted molar refractivity (Wildman–Crippen MR) is 49.9 cm³/mol. The van der Waals surface area contributed by atoms with E-state index in [1.54, 1.807) is 6.20 Å². The molecule has 3 nitrogen and oxygen atoms in total. The molecule has 0 fully saturated rings.